The number of amides is 2. The Morgan fingerprint density at radius 3 is 2.90 bits per heavy atom. The van der Waals surface area contributed by atoms with E-state index in [4.69, 9.17) is 0 Å². The molecule has 2 aliphatic heterocycles. The van der Waals surface area contributed by atoms with Crippen molar-refractivity contribution < 1.29 is 14.0 Å². The van der Waals surface area contributed by atoms with Crippen LogP contribution in [0.15, 0.2) is 24.3 Å². The van der Waals surface area contributed by atoms with Gasteiger partial charge in [0.1, 0.15) is 5.82 Å². The molecular formula is C15H18FN3O2. The fraction of sp³-hybridized carbons (Fsp3) is 0.467. The van der Waals surface area contributed by atoms with Gasteiger partial charge in [0.05, 0.1) is 12.2 Å². The van der Waals surface area contributed by atoms with Gasteiger partial charge in [0.15, 0.2) is 0 Å². The van der Waals surface area contributed by atoms with Crippen LogP contribution in [0.4, 0.5) is 10.1 Å². The molecule has 0 radical (unpaired) electrons. The molecule has 2 bridgehead atoms. The van der Waals surface area contributed by atoms with Crippen LogP contribution in [0.1, 0.15) is 19.3 Å². The standard InChI is InChI=1S/C15H18FN3O2/c16-12-3-1-2-4-13(12)18-15(21)9-19-10-5-6-11(19)8-17-14(20)7-10/h1-4,10-11H,5-9H2,(H,17,20)(H,18,21)/t10-,11+/m1/s1. The van der Waals surface area contributed by atoms with Crippen LogP contribution < -0.4 is 10.6 Å². The van der Waals surface area contributed by atoms with Crippen molar-refractivity contribution in [3.8, 4) is 0 Å². The maximum absolute atomic E-state index is 13.5. The predicted molar refractivity (Wildman–Crippen MR) is 76.2 cm³/mol. The lowest BCUT2D eigenvalue weighted by Crippen LogP contribution is -2.42. The fourth-order valence-electron chi connectivity index (χ4n) is 3.15. The smallest absolute Gasteiger partial charge is 0.238 e. The average molecular weight is 291 g/mol. The van der Waals surface area contributed by atoms with E-state index in [2.05, 4.69) is 15.5 Å². The summed E-state index contributed by atoms with van der Waals surface area (Å²) in [5.41, 5.74) is 0.193. The molecule has 0 spiro atoms. The molecule has 2 saturated heterocycles. The number of carbonyl (C=O) groups is 2. The van der Waals surface area contributed by atoms with Gasteiger partial charge in [0.2, 0.25) is 11.8 Å². The van der Waals surface area contributed by atoms with Gasteiger partial charge in [-0.2, -0.15) is 0 Å². The van der Waals surface area contributed by atoms with Gasteiger partial charge in [-0.15, -0.1) is 0 Å². The number of carbonyl (C=O) groups excluding carboxylic acids is 2. The highest BCUT2D eigenvalue weighted by atomic mass is 19.1. The Balaban J connectivity index is 1.65. The van der Waals surface area contributed by atoms with E-state index in [0.29, 0.717) is 13.0 Å². The molecule has 2 atom stereocenters. The van der Waals surface area contributed by atoms with Crippen molar-refractivity contribution in [3.05, 3.63) is 30.1 Å². The lowest BCUT2D eigenvalue weighted by Gasteiger charge is -2.26. The molecule has 0 aromatic heterocycles. The minimum atomic E-state index is -0.443. The SMILES string of the molecule is O=C1C[C@H]2CC[C@@H](CN1)N2CC(=O)Nc1ccccc1F. The Kier molecular flexibility index (Phi) is 3.88. The van der Waals surface area contributed by atoms with Crippen LogP contribution in [0.5, 0.6) is 0 Å². The second-order valence-corrected chi connectivity index (χ2v) is 5.59. The molecule has 0 saturated carbocycles. The van der Waals surface area contributed by atoms with Crippen molar-refractivity contribution >= 4 is 17.5 Å². The zero-order valence-electron chi connectivity index (χ0n) is 11.6. The number of nitrogens with one attached hydrogen (secondary N) is 2. The Hall–Kier alpha value is -1.95. The van der Waals surface area contributed by atoms with Crippen molar-refractivity contribution in [2.24, 2.45) is 0 Å². The molecule has 2 N–H and O–H groups in total. The number of hydrogen-bond acceptors (Lipinski definition) is 3. The van der Waals surface area contributed by atoms with Crippen LogP contribution in [-0.4, -0.2) is 41.9 Å². The Bertz CT molecular complexity index is 564. The Morgan fingerprint density at radius 2 is 2.10 bits per heavy atom. The fourth-order valence-corrected chi connectivity index (χ4v) is 3.15. The van der Waals surface area contributed by atoms with E-state index in [1.54, 1.807) is 12.1 Å². The van der Waals surface area contributed by atoms with Gasteiger partial charge in [-0.05, 0) is 25.0 Å². The van der Waals surface area contributed by atoms with Crippen LogP contribution in [0.2, 0.25) is 0 Å². The summed E-state index contributed by atoms with van der Waals surface area (Å²) in [5, 5.41) is 5.46. The number of anilines is 1. The zero-order chi connectivity index (χ0) is 14.8. The van der Waals surface area contributed by atoms with Crippen molar-refractivity contribution in [2.45, 2.75) is 31.3 Å². The number of para-hydroxylation sites is 1. The quantitative estimate of drug-likeness (QED) is 0.877. The molecule has 0 aliphatic carbocycles. The van der Waals surface area contributed by atoms with E-state index in [1.807, 2.05) is 0 Å². The molecule has 0 unspecified atom stereocenters. The molecule has 1 aromatic carbocycles. The topological polar surface area (TPSA) is 61.4 Å². The average Bonchev–Trinajstić information content (AvgIpc) is 2.72. The van der Waals surface area contributed by atoms with Gasteiger partial charge in [0, 0.05) is 25.0 Å². The minimum Gasteiger partial charge on any atom is -0.354 e. The number of hydrogen-bond donors (Lipinski definition) is 2. The molecule has 6 heteroatoms. The number of benzene rings is 1. The molecule has 2 amide bonds. The molecule has 2 fully saturated rings. The maximum atomic E-state index is 13.5. The van der Waals surface area contributed by atoms with Crippen molar-refractivity contribution in [2.75, 3.05) is 18.4 Å². The molecule has 5 nitrogen and oxygen atoms in total. The summed E-state index contributed by atoms with van der Waals surface area (Å²) in [6.07, 6.45) is 2.35. The molecule has 21 heavy (non-hydrogen) atoms. The number of nitrogens with zero attached hydrogens (tertiary/aromatic N) is 1. The first-order valence-electron chi connectivity index (χ1n) is 7.20. The van der Waals surface area contributed by atoms with Crippen LogP contribution in [0.3, 0.4) is 0 Å². The Morgan fingerprint density at radius 1 is 1.33 bits per heavy atom. The highest BCUT2D eigenvalue weighted by molar-refractivity contribution is 5.92. The van der Waals surface area contributed by atoms with Crippen LogP contribution in [0, 0.1) is 5.82 Å². The molecule has 112 valence electrons. The Labute approximate surface area is 122 Å². The summed E-state index contributed by atoms with van der Waals surface area (Å²) < 4.78 is 13.5. The van der Waals surface area contributed by atoms with Gasteiger partial charge in [-0.1, -0.05) is 12.1 Å². The lowest BCUT2D eigenvalue weighted by atomic mass is 10.1. The third-order valence-corrected chi connectivity index (χ3v) is 4.20. The molecule has 2 heterocycles. The molecule has 3 rings (SSSR count). The molecule has 2 aliphatic rings. The van der Waals surface area contributed by atoms with Gasteiger partial charge < -0.3 is 10.6 Å². The largest absolute Gasteiger partial charge is 0.354 e. The van der Waals surface area contributed by atoms with Gasteiger partial charge >= 0.3 is 0 Å². The molecule has 1 aromatic rings. The number of fused-ring (bicyclic) bond motifs is 2. The van der Waals surface area contributed by atoms with Crippen molar-refractivity contribution in [3.63, 3.8) is 0 Å². The van der Waals surface area contributed by atoms with Crippen LogP contribution in [0.25, 0.3) is 0 Å². The van der Waals surface area contributed by atoms with E-state index in [1.165, 1.54) is 12.1 Å². The first kappa shape index (κ1) is 14.0. The van der Waals surface area contributed by atoms with Gasteiger partial charge in [-0.25, -0.2) is 4.39 Å². The highest BCUT2D eigenvalue weighted by Crippen LogP contribution is 2.28. The first-order chi connectivity index (χ1) is 10.1. The van der Waals surface area contributed by atoms with Gasteiger partial charge in [-0.3, -0.25) is 14.5 Å². The second kappa shape index (κ2) is 5.81. The van der Waals surface area contributed by atoms with E-state index in [9.17, 15) is 14.0 Å². The lowest BCUT2D eigenvalue weighted by molar-refractivity contribution is -0.122. The zero-order valence-corrected chi connectivity index (χ0v) is 11.6. The normalized spacial score (nSPS) is 25.3. The van der Waals surface area contributed by atoms with Crippen molar-refractivity contribution in [1.82, 2.24) is 10.2 Å². The van der Waals surface area contributed by atoms with E-state index in [-0.39, 0.29) is 36.1 Å². The van der Waals surface area contributed by atoms with Crippen LogP contribution >= 0.6 is 0 Å². The van der Waals surface area contributed by atoms with Crippen LogP contribution in [-0.2, 0) is 9.59 Å². The maximum Gasteiger partial charge on any atom is 0.238 e. The van der Waals surface area contributed by atoms with E-state index < -0.39 is 5.82 Å². The summed E-state index contributed by atoms with van der Waals surface area (Å²) in [7, 11) is 0. The summed E-state index contributed by atoms with van der Waals surface area (Å²) >= 11 is 0. The van der Waals surface area contributed by atoms with Gasteiger partial charge in [0.25, 0.3) is 0 Å². The molecular weight excluding hydrogens is 273 g/mol. The van der Waals surface area contributed by atoms with E-state index in [0.717, 1.165) is 12.8 Å². The second-order valence-electron chi connectivity index (χ2n) is 5.59. The highest BCUT2D eigenvalue weighted by Gasteiger charge is 2.38. The summed E-state index contributed by atoms with van der Waals surface area (Å²) in [6.45, 7) is 0.779. The number of halogens is 1. The first-order valence-corrected chi connectivity index (χ1v) is 7.20. The van der Waals surface area contributed by atoms with E-state index >= 15 is 0 Å². The predicted octanol–water partition coefficient (Wildman–Crippen LogP) is 1.12. The van der Waals surface area contributed by atoms with Crippen molar-refractivity contribution in [1.29, 1.82) is 0 Å². The summed E-state index contributed by atoms with van der Waals surface area (Å²) in [6, 6.07) is 6.42. The third kappa shape index (κ3) is 3.05. The summed E-state index contributed by atoms with van der Waals surface area (Å²) in [4.78, 5) is 25.7. The monoisotopic (exact) mass is 291 g/mol. The minimum absolute atomic E-state index is 0.0433. The number of rotatable bonds is 3. The third-order valence-electron chi connectivity index (χ3n) is 4.20. The summed E-state index contributed by atoms with van der Waals surface area (Å²) in [5.74, 6) is -0.644.